The summed E-state index contributed by atoms with van der Waals surface area (Å²) in [7, 11) is 0. The van der Waals surface area contributed by atoms with Crippen LogP contribution in [0.25, 0.3) is 0 Å². The third-order valence-electron chi connectivity index (χ3n) is 4.27. The largest absolute Gasteiger partial charge is 0.481 e. The molecule has 0 radical (unpaired) electrons. The topological polar surface area (TPSA) is 99.6 Å². The number of nitrogens with one attached hydrogen (secondary N) is 1. The number of carboxylic acid groups (broad SMARTS) is 1. The van der Waals surface area contributed by atoms with Crippen LogP contribution in [0, 0.1) is 11.8 Å². The highest BCUT2D eigenvalue weighted by Gasteiger charge is 2.38. The third-order valence-corrected chi connectivity index (χ3v) is 5.17. The molecule has 7 nitrogen and oxygen atoms in total. The van der Waals surface area contributed by atoms with E-state index < -0.39 is 11.9 Å². The third kappa shape index (κ3) is 3.53. The molecule has 2 aromatic heterocycles. The standard InChI is InChI=1S/C17H17N3O4S/c1-10-8-20(9-12(10)17(23)24)16(22)14-13(4-7-25-14)19-15(21)11-2-5-18-6-3-11/h2-7,10,12H,8-9H2,1H3,(H,19,21)(H,23,24)/t10-,12-/m1/s1. The van der Waals surface area contributed by atoms with Crippen molar-refractivity contribution in [1.29, 1.82) is 0 Å². The highest BCUT2D eigenvalue weighted by Crippen LogP contribution is 2.29. The molecule has 0 unspecified atom stereocenters. The van der Waals surface area contributed by atoms with E-state index in [1.807, 2.05) is 6.92 Å². The van der Waals surface area contributed by atoms with Gasteiger partial charge in [0.05, 0.1) is 11.6 Å². The Kier molecular flexibility index (Phi) is 4.80. The molecule has 1 fully saturated rings. The molecule has 25 heavy (non-hydrogen) atoms. The highest BCUT2D eigenvalue weighted by molar-refractivity contribution is 7.12. The Hall–Kier alpha value is -2.74. The molecule has 3 rings (SSSR count). The zero-order valence-electron chi connectivity index (χ0n) is 13.5. The fraction of sp³-hybridized carbons (Fsp3) is 0.294. The van der Waals surface area contributed by atoms with E-state index in [1.165, 1.54) is 28.6 Å². The molecule has 3 heterocycles. The molecule has 1 aliphatic heterocycles. The number of carboxylic acids is 1. The molecule has 0 bridgehead atoms. The van der Waals surface area contributed by atoms with E-state index in [0.29, 0.717) is 22.7 Å². The lowest BCUT2D eigenvalue weighted by atomic mass is 9.99. The maximum Gasteiger partial charge on any atom is 0.308 e. The molecule has 130 valence electrons. The van der Waals surface area contributed by atoms with Gasteiger partial charge in [-0.25, -0.2) is 0 Å². The van der Waals surface area contributed by atoms with Crippen LogP contribution in [0.5, 0.6) is 0 Å². The van der Waals surface area contributed by atoms with Gasteiger partial charge < -0.3 is 15.3 Å². The number of nitrogens with zero attached hydrogens (tertiary/aromatic N) is 2. The molecular formula is C17H17N3O4S. The maximum atomic E-state index is 12.7. The van der Waals surface area contributed by atoms with Gasteiger partial charge in [0, 0.05) is 31.0 Å². The zero-order chi connectivity index (χ0) is 18.0. The first-order valence-electron chi connectivity index (χ1n) is 7.78. The van der Waals surface area contributed by atoms with Gasteiger partial charge in [0.1, 0.15) is 4.88 Å². The van der Waals surface area contributed by atoms with Crippen molar-refractivity contribution in [3.05, 3.63) is 46.4 Å². The molecule has 0 spiro atoms. The monoisotopic (exact) mass is 359 g/mol. The molecule has 0 aromatic carbocycles. The van der Waals surface area contributed by atoms with Gasteiger partial charge in [-0.2, -0.15) is 0 Å². The predicted molar refractivity (Wildman–Crippen MR) is 92.7 cm³/mol. The minimum atomic E-state index is -0.889. The number of aliphatic carboxylic acids is 1. The summed E-state index contributed by atoms with van der Waals surface area (Å²) in [5, 5.41) is 13.7. The average molecular weight is 359 g/mol. The van der Waals surface area contributed by atoms with E-state index in [-0.39, 0.29) is 24.3 Å². The Morgan fingerprint density at radius 2 is 1.96 bits per heavy atom. The van der Waals surface area contributed by atoms with Crippen LogP contribution in [0.4, 0.5) is 5.69 Å². The van der Waals surface area contributed by atoms with Crippen molar-refractivity contribution in [2.75, 3.05) is 18.4 Å². The van der Waals surface area contributed by atoms with E-state index in [4.69, 9.17) is 0 Å². The minimum Gasteiger partial charge on any atom is -0.481 e. The quantitative estimate of drug-likeness (QED) is 0.872. The maximum absolute atomic E-state index is 12.7. The lowest BCUT2D eigenvalue weighted by molar-refractivity contribution is -0.142. The van der Waals surface area contributed by atoms with Crippen molar-refractivity contribution in [3.63, 3.8) is 0 Å². The van der Waals surface area contributed by atoms with Crippen molar-refractivity contribution >= 4 is 34.8 Å². The molecule has 0 aliphatic carbocycles. The summed E-state index contributed by atoms with van der Waals surface area (Å²) in [4.78, 5) is 42.1. The Labute approximate surface area is 148 Å². The van der Waals surface area contributed by atoms with Crippen LogP contribution >= 0.6 is 11.3 Å². The Balaban J connectivity index is 1.74. The molecule has 2 atom stereocenters. The van der Waals surface area contributed by atoms with Gasteiger partial charge in [-0.15, -0.1) is 11.3 Å². The molecule has 1 saturated heterocycles. The van der Waals surface area contributed by atoms with Gasteiger partial charge in [-0.1, -0.05) is 6.92 Å². The second-order valence-corrected chi connectivity index (χ2v) is 6.90. The molecule has 8 heteroatoms. The summed E-state index contributed by atoms with van der Waals surface area (Å²) in [6.45, 7) is 2.41. The summed E-state index contributed by atoms with van der Waals surface area (Å²) >= 11 is 1.23. The summed E-state index contributed by atoms with van der Waals surface area (Å²) in [5.41, 5.74) is 0.878. The number of carbonyl (C=O) groups excluding carboxylic acids is 2. The van der Waals surface area contributed by atoms with Crippen LogP contribution in [-0.4, -0.2) is 45.9 Å². The second kappa shape index (κ2) is 7.02. The van der Waals surface area contributed by atoms with Crippen LogP contribution in [-0.2, 0) is 4.79 Å². The van der Waals surface area contributed by atoms with E-state index in [2.05, 4.69) is 10.3 Å². The molecule has 2 amide bonds. The Morgan fingerprint density at radius 1 is 1.24 bits per heavy atom. The smallest absolute Gasteiger partial charge is 0.308 e. The van der Waals surface area contributed by atoms with Crippen LogP contribution in [0.2, 0.25) is 0 Å². The number of aromatic nitrogens is 1. The minimum absolute atomic E-state index is 0.101. The van der Waals surface area contributed by atoms with Gasteiger partial charge in [0.2, 0.25) is 0 Å². The van der Waals surface area contributed by atoms with Crippen LogP contribution < -0.4 is 5.32 Å². The van der Waals surface area contributed by atoms with Crippen molar-refractivity contribution < 1.29 is 19.5 Å². The first kappa shape index (κ1) is 17.1. The van der Waals surface area contributed by atoms with Crippen molar-refractivity contribution in [2.45, 2.75) is 6.92 Å². The summed E-state index contributed by atoms with van der Waals surface area (Å²) in [5.74, 6) is -2.13. The fourth-order valence-corrected chi connectivity index (χ4v) is 3.68. The SMILES string of the molecule is C[C@@H]1CN(C(=O)c2sccc2NC(=O)c2ccncc2)C[C@H]1C(=O)O. The normalized spacial score (nSPS) is 19.6. The van der Waals surface area contributed by atoms with Gasteiger partial charge in [0.25, 0.3) is 11.8 Å². The van der Waals surface area contributed by atoms with E-state index >= 15 is 0 Å². The second-order valence-electron chi connectivity index (χ2n) is 5.99. The first-order valence-corrected chi connectivity index (χ1v) is 8.66. The Bertz CT molecular complexity index is 805. The van der Waals surface area contributed by atoms with E-state index in [9.17, 15) is 19.5 Å². The molecule has 0 saturated carbocycles. The number of likely N-dealkylation sites (tertiary alicyclic amines) is 1. The lowest BCUT2D eigenvalue weighted by Crippen LogP contribution is -2.30. The van der Waals surface area contributed by atoms with Crippen LogP contribution in [0.15, 0.2) is 36.0 Å². The summed E-state index contributed by atoms with van der Waals surface area (Å²) in [6.07, 6.45) is 3.04. The van der Waals surface area contributed by atoms with Crippen molar-refractivity contribution in [3.8, 4) is 0 Å². The van der Waals surface area contributed by atoms with Crippen molar-refractivity contribution in [2.24, 2.45) is 11.8 Å². The summed E-state index contributed by atoms with van der Waals surface area (Å²) < 4.78 is 0. The fourth-order valence-electron chi connectivity index (χ4n) is 2.87. The van der Waals surface area contributed by atoms with Gasteiger partial charge in [-0.05, 0) is 29.5 Å². The number of rotatable bonds is 4. The van der Waals surface area contributed by atoms with Crippen LogP contribution in [0.1, 0.15) is 27.0 Å². The number of amides is 2. The van der Waals surface area contributed by atoms with Gasteiger partial charge in [-0.3, -0.25) is 19.4 Å². The Morgan fingerprint density at radius 3 is 2.60 bits per heavy atom. The van der Waals surface area contributed by atoms with Crippen molar-refractivity contribution in [1.82, 2.24) is 9.88 Å². The zero-order valence-corrected chi connectivity index (χ0v) is 14.3. The molecular weight excluding hydrogens is 342 g/mol. The molecule has 1 aliphatic rings. The number of hydrogen-bond acceptors (Lipinski definition) is 5. The van der Waals surface area contributed by atoms with Crippen LogP contribution in [0.3, 0.4) is 0 Å². The van der Waals surface area contributed by atoms with Gasteiger partial charge >= 0.3 is 5.97 Å². The number of anilines is 1. The number of thiophene rings is 1. The number of carbonyl (C=O) groups is 3. The average Bonchev–Trinajstić information content (AvgIpc) is 3.21. The predicted octanol–water partition coefficient (Wildman–Crippen LogP) is 2.19. The number of pyridine rings is 1. The van der Waals surface area contributed by atoms with Gasteiger partial charge in [0.15, 0.2) is 0 Å². The summed E-state index contributed by atoms with van der Waals surface area (Å²) in [6, 6.07) is 4.84. The highest BCUT2D eigenvalue weighted by atomic mass is 32.1. The first-order chi connectivity index (χ1) is 12.0. The lowest BCUT2D eigenvalue weighted by Gasteiger charge is -2.16. The molecule has 2 aromatic rings. The van der Waals surface area contributed by atoms with E-state index in [0.717, 1.165) is 0 Å². The molecule has 2 N–H and O–H groups in total. The number of hydrogen-bond donors (Lipinski definition) is 2. The van der Waals surface area contributed by atoms with E-state index in [1.54, 1.807) is 23.6 Å².